The zero-order valence-corrected chi connectivity index (χ0v) is 16.9. The number of carbonyl (C=O) groups is 1. The Kier molecular flexibility index (Phi) is 6.51. The van der Waals surface area contributed by atoms with Crippen LogP contribution in [-0.4, -0.2) is 55.0 Å². The number of carbonyl (C=O) groups excluding carboxylic acids is 1. The van der Waals surface area contributed by atoms with E-state index in [-0.39, 0.29) is 12.5 Å². The molecule has 2 aliphatic rings. The van der Waals surface area contributed by atoms with E-state index in [0.717, 1.165) is 42.2 Å². The molecule has 2 aliphatic carbocycles. The van der Waals surface area contributed by atoms with E-state index in [4.69, 9.17) is 0 Å². The number of amides is 1. The predicted molar refractivity (Wildman–Crippen MR) is 107 cm³/mol. The van der Waals surface area contributed by atoms with Crippen molar-refractivity contribution in [1.29, 1.82) is 0 Å². The van der Waals surface area contributed by atoms with Gasteiger partial charge < -0.3 is 15.5 Å². The lowest BCUT2D eigenvalue weighted by Crippen LogP contribution is -2.46. The number of guanidine groups is 1. The van der Waals surface area contributed by atoms with Gasteiger partial charge in [-0.2, -0.15) is 0 Å². The summed E-state index contributed by atoms with van der Waals surface area (Å²) >= 11 is 1.78. The van der Waals surface area contributed by atoms with E-state index < -0.39 is 0 Å². The first kappa shape index (κ1) is 19.1. The van der Waals surface area contributed by atoms with Crippen molar-refractivity contribution in [3.63, 3.8) is 0 Å². The van der Waals surface area contributed by atoms with Gasteiger partial charge in [-0.25, -0.2) is 9.98 Å². The quantitative estimate of drug-likeness (QED) is 0.564. The number of nitrogens with one attached hydrogen (secondary N) is 2. The molecule has 6 nitrogen and oxygen atoms in total. The topological polar surface area (TPSA) is 69.6 Å². The molecule has 1 aromatic rings. The highest BCUT2D eigenvalue weighted by atomic mass is 32.1. The highest BCUT2D eigenvalue weighted by Gasteiger charge is 2.39. The van der Waals surface area contributed by atoms with Gasteiger partial charge in [0.2, 0.25) is 5.91 Å². The van der Waals surface area contributed by atoms with E-state index in [1.165, 1.54) is 30.6 Å². The van der Waals surface area contributed by atoms with Crippen LogP contribution < -0.4 is 10.6 Å². The molecule has 3 atom stereocenters. The van der Waals surface area contributed by atoms with E-state index in [1.807, 2.05) is 6.20 Å². The first-order valence-electron chi connectivity index (χ1n) is 9.73. The standard InChI is InChI=1S/C19H31N5OS/c1-4-15-11-21-17(26-15)7-8-20-19(22-12-18(25)24(2)3)23-16-10-13-5-6-14(16)9-13/h11,13-14,16H,4-10,12H2,1-3H3,(H2,20,22,23). The molecule has 1 aromatic heterocycles. The normalized spacial score (nSPS) is 24.7. The molecular weight excluding hydrogens is 346 g/mol. The average molecular weight is 378 g/mol. The molecule has 144 valence electrons. The molecule has 2 bridgehead atoms. The molecule has 2 fully saturated rings. The van der Waals surface area contributed by atoms with Gasteiger partial charge in [0.05, 0.1) is 5.01 Å². The summed E-state index contributed by atoms with van der Waals surface area (Å²) in [4.78, 5) is 23.8. The van der Waals surface area contributed by atoms with Crippen molar-refractivity contribution in [1.82, 2.24) is 20.5 Å². The molecule has 0 aromatic carbocycles. The van der Waals surface area contributed by atoms with E-state index in [0.29, 0.717) is 6.04 Å². The molecule has 3 unspecified atom stereocenters. The van der Waals surface area contributed by atoms with Gasteiger partial charge in [0.1, 0.15) is 6.54 Å². The Morgan fingerprint density at radius 2 is 2.23 bits per heavy atom. The lowest BCUT2D eigenvalue weighted by Gasteiger charge is -2.25. The number of hydrogen-bond donors (Lipinski definition) is 2. The van der Waals surface area contributed by atoms with Gasteiger partial charge in [0.25, 0.3) is 0 Å². The zero-order chi connectivity index (χ0) is 18.5. The van der Waals surface area contributed by atoms with E-state index >= 15 is 0 Å². The molecule has 26 heavy (non-hydrogen) atoms. The summed E-state index contributed by atoms with van der Waals surface area (Å²) < 4.78 is 0. The minimum atomic E-state index is 0.0200. The maximum Gasteiger partial charge on any atom is 0.243 e. The average Bonchev–Trinajstić information content (AvgIpc) is 3.35. The lowest BCUT2D eigenvalue weighted by atomic mass is 9.95. The number of aryl methyl sites for hydroxylation is 1. The minimum absolute atomic E-state index is 0.0200. The summed E-state index contributed by atoms with van der Waals surface area (Å²) in [7, 11) is 3.53. The fourth-order valence-electron chi connectivity index (χ4n) is 3.95. The van der Waals surface area contributed by atoms with Crippen molar-refractivity contribution < 1.29 is 4.79 Å². The van der Waals surface area contributed by atoms with Crippen LogP contribution in [0.2, 0.25) is 0 Å². The number of aliphatic imine (C=N–C) groups is 1. The smallest absolute Gasteiger partial charge is 0.243 e. The number of likely N-dealkylation sites (N-methyl/N-ethyl adjacent to an activating group) is 1. The van der Waals surface area contributed by atoms with Gasteiger partial charge in [-0.15, -0.1) is 11.3 Å². The van der Waals surface area contributed by atoms with E-state index in [2.05, 4.69) is 27.5 Å². The third-order valence-electron chi connectivity index (χ3n) is 5.51. The molecule has 1 heterocycles. The predicted octanol–water partition coefficient (Wildman–Crippen LogP) is 2.06. The van der Waals surface area contributed by atoms with Crippen molar-refractivity contribution in [2.45, 2.75) is 51.5 Å². The van der Waals surface area contributed by atoms with Gasteiger partial charge in [-0.1, -0.05) is 13.3 Å². The Bertz CT molecular complexity index is 642. The fraction of sp³-hybridized carbons (Fsp3) is 0.737. The Morgan fingerprint density at radius 3 is 2.85 bits per heavy atom. The molecule has 2 N–H and O–H groups in total. The number of thiazole rings is 1. The van der Waals surface area contributed by atoms with Gasteiger partial charge >= 0.3 is 0 Å². The summed E-state index contributed by atoms with van der Waals surface area (Å²) in [6, 6.07) is 0.501. The van der Waals surface area contributed by atoms with Gasteiger partial charge in [-0.3, -0.25) is 4.79 Å². The molecule has 0 spiro atoms. The lowest BCUT2D eigenvalue weighted by molar-refractivity contribution is -0.127. The van der Waals surface area contributed by atoms with Crippen LogP contribution >= 0.6 is 11.3 Å². The summed E-state index contributed by atoms with van der Waals surface area (Å²) in [5.41, 5.74) is 0. The SMILES string of the molecule is CCc1cnc(CCNC(=NCC(=O)N(C)C)NC2CC3CCC2C3)s1. The molecule has 1 amide bonds. The molecule has 3 rings (SSSR count). The summed E-state index contributed by atoms with van der Waals surface area (Å²) in [5, 5.41) is 8.16. The van der Waals surface area contributed by atoms with Crippen LogP contribution in [-0.2, 0) is 17.6 Å². The van der Waals surface area contributed by atoms with Crippen LogP contribution in [0.4, 0.5) is 0 Å². The molecule has 2 saturated carbocycles. The molecular formula is C19H31N5OS. The maximum atomic E-state index is 11.9. The van der Waals surface area contributed by atoms with Crippen LogP contribution in [0.15, 0.2) is 11.2 Å². The van der Waals surface area contributed by atoms with Crippen LogP contribution in [0.5, 0.6) is 0 Å². The highest BCUT2D eigenvalue weighted by molar-refractivity contribution is 7.11. The van der Waals surface area contributed by atoms with Crippen LogP contribution in [0, 0.1) is 11.8 Å². The minimum Gasteiger partial charge on any atom is -0.356 e. The number of rotatable bonds is 7. The van der Waals surface area contributed by atoms with Crippen molar-refractivity contribution in [2.75, 3.05) is 27.2 Å². The third kappa shape index (κ3) is 4.96. The first-order valence-corrected chi connectivity index (χ1v) is 10.6. The maximum absolute atomic E-state index is 11.9. The number of hydrogen-bond acceptors (Lipinski definition) is 4. The van der Waals surface area contributed by atoms with Crippen molar-refractivity contribution in [2.24, 2.45) is 16.8 Å². The fourth-order valence-corrected chi connectivity index (χ4v) is 4.81. The number of aromatic nitrogens is 1. The van der Waals surface area contributed by atoms with Crippen molar-refractivity contribution >= 4 is 23.2 Å². The second-order valence-electron chi connectivity index (χ2n) is 7.63. The summed E-state index contributed by atoms with van der Waals surface area (Å²) in [6.07, 6.45) is 9.18. The first-order chi connectivity index (χ1) is 12.5. The summed E-state index contributed by atoms with van der Waals surface area (Å²) in [5.74, 6) is 2.43. The monoisotopic (exact) mass is 377 g/mol. The largest absolute Gasteiger partial charge is 0.356 e. The molecule has 0 saturated heterocycles. The van der Waals surface area contributed by atoms with Gasteiger partial charge in [0.15, 0.2) is 5.96 Å². The Balaban J connectivity index is 1.54. The Morgan fingerprint density at radius 1 is 1.38 bits per heavy atom. The van der Waals surface area contributed by atoms with E-state index in [9.17, 15) is 4.79 Å². The number of fused-ring (bicyclic) bond motifs is 2. The Labute approximate surface area is 160 Å². The second-order valence-corrected chi connectivity index (χ2v) is 8.83. The second kappa shape index (κ2) is 8.84. The van der Waals surface area contributed by atoms with Crippen LogP contribution in [0.25, 0.3) is 0 Å². The number of nitrogens with zero attached hydrogens (tertiary/aromatic N) is 3. The van der Waals surface area contributed by atoms with Crippen molar-refractivity contribution in [3.05, 3.63) is 16.1 Å². The van der Waals surface area contributed by atoms with Gasteiger partial charge in [-0.05, 0) is 37.5 Å². The van der Waals surface area contributed by atoms with Crippen molar-refractivity contribution in [3.8, 4) is 0 Å². The van der Waals surface area contributed by atoms with Crippen LogP contribution in [0.3, 0.4) is 0 Å². The third-order valence-corrected chi connectivity index (χ3v) is 6.71. The summed E-state index contributed by atoms with van der Waals surface area (Å²) in [6.45, 7) is 3.11. The zero-order valence-electron chi connectivity index (χ0n) is 16.1. The van der Waals surface area contributed by atoms with E-state index in [1.54, 1.807) is 30.3 Å². The Hall–Kier alpha value is -1.63. The van der Waals surface area contributed by atoms with Crippen LogP contribution in [0.1, 0.15) is 42.5 Å². The highest BCUT2D eigenvalue weighted by Crippen LogP contribution is 2.44. The molecule has 7 heteroatoms. The molecule has 0 aliphatic heterocycles. The molecule has 0 radical (unpaired) electrons. The van der Waals surface area contributed by atoms with Gasteiger partial charge in [0, 0.05) is 44.2 Å².